The molecule has 0 aromatic carbocycles. The minimum absolute atomic E-state index is 0. The third-order valence-electron chi connectivity index (χ3n) is 3.17. The van der Waals surface area contributed by atoms with Gasteiger partial charge in [-0.2, -0.15) is 0 Å². The Hall–Kier alpha value is -1.13. The highest BCUT2D eigenvalue weighted by Crippen LogP contribution is 2.12. The molecular formula is C13H20ClN3O. The van der Waals surface area contributed by atoms with Gasteiger partial charge < -0.3 is 10.6 Å². The number of carbonyl (C=O) groups is 1. The van der Waals surface area contributed by atoms with Gasteiger partial charge in [-0.1, -0.05) is 12.5 Å². The second-order valence-corrected chi connectivity index (χ2v) is 4.52. The predicted molar refractivity (Wildman–Crippen MR) is 73.7 cm³/mol. The van der Waals surface area contributed by atoms with E-state index in [9.17, 15) is 4.79 Å². The molecule has 1 aromatic rings. The van der Waals surface area contributed by atoms with Crippen molar-refractivity contribution < 1.29 is 4.79 Å². The number of nitrogens with zero attached hydrogens (tertiary/aromatic N) is 1. The molecular weight excluding hydrogens is 250 g/mol. The van der Waals surface area contributed by atoms with E-state index >= 15 is 0 Å². The summed E-state index contributed by atoms with van der Waals surface area (Å²) in [6.45, 7) is 2.93. The minimum atomic E-state index is -0.0251. The largest absolute Gasteiger partial charge is 0.348 e. The first-order valence-corrected chi connectivity index (χ1v) is 6.21. The topological polar surface area (TPSA) is 54.0 Å². The number of rotatable bonds is 3. The summed E-state index contributed by atoms with van der Waals surface area (Å²) in [7, 11) is 0. The average Bonchev–Trinajstić information content (AvgIpc) is 2.40. The van der Waals surface area contributed by atoms with E-state index in [1.807, 2.05) is 19.1 Å². The fourth-order valence-corrected chi connectivity index (χ4v) is 2.11. The van der Waals surface area contributed by atoms with E-state index in [0.717, 1.165) is 24.9 Å². The Morgan fingerprint density at radius 1 is 1.56 bits per heavy atom. The number of carbonyl (C=O) groups excluding carboxylic acids is 1. The first kappa shape index (κ1) is 14.9. The Bertz CT molecular complexity index is 366. The van der Waals surface area contributed by atoms with Crippen LogP contribution in [0.5, 0.6) is 0 Å². The number of hydrogen-bond donors (Lipinski definition) is 2. The molecule has 1 aliphatic heterocycles. The van der Waals surface area contributed by atoms with Crippen LogP contribution in [-0.2, 0) is 4.79 Å². The number of halogens is 1. The van der Waals surface area contributed by atoms with Crippen molar-refractivity contribution in [3.05, 3.63) is 30.1 Å². The van der Waals surface area contributed by atoms with E-state index < -0.39 is 0 Å². The molecule has 2 N–H and O–H groups in total. The zero-order valence-electron chi connectivity index (χ0n) is 10.6. The molecule has 5 heteroatoms. The second kappa shape index (κ2) is 7.34. The molecule has 1 aliphatic rings. The van der Waals surface area contributed by atoms with E-state index in [2.05, 4.69) is 15.6 Å². The van der Waals surface area contributed by atoms with Crippen LogP contribution in [0.3, 0.4) is 0 Å². The first-order chi connectivity index (χ1) is 8.27. The van der Waals surface area contributed by atoms with Crippen LogP contribution in [0.25, 0.3) is 0 Å². The molecule has 0 aliphatic carbocycles. The maximum Gasteiger partial charge on any atom is 0.237 e. The lowest BCUT2D eigenvalue weighted by Gasteiger charge is -2.24. The number of hydrogen-bond acceptors (Lipinski definition) is 3. The molecule has 0 saturated carbocycles. The van der Waals surface area contributed by atoms with Crippen molar-refractivity contribution in [2.75, 3.05) is 6.54 Å². The van der Waals surface area contributed by atoms with Crippen LogP contribution in [0, 0.1) is 0 Å². The third-order valence-corrected chi connectivity index (χ3v) is 3.17. The van der Waals surface area contributed by atoms with Gasteiger partial charge in [0, 0.05) is 12.4 Å². The molecule has 100 valence electrons. The van der Waals surface area contributed by atoms with Crippen molar-refractivity contribution in [3.63, 3.8) is 0 Å². The van der Waals surface area contributed by atoms with Crippen LogP contribution in [0.1, 0.15) is 37.8 Å². The summed E-state index contributed by atoms with van der Waals surface area (Å²) in [4.78, 5) is 16.0. The van der Waals surface area contributed by atoms with Crippen LogP contribution in [-0.4, -0.2) is 23.5 Å². The SMILES string of the molecule is CC(NC(=O)[C@@H]1CCCCN1)c1cccnc1.Cl. The second-order valence-electron chi connectivity index (χ2n) is 4.52. The van der Waals surface area contributed by atoms with Gasteiger partial charge in [0.05, 0.1) is 12.1 Å². The molecule has 1 unspecified atom stereocenters. The van der Waals surface area contributed by atoms with E-state index in [-0.39, 0.29) is 30.4 Å². The lowest BCUT2D eigenvalue weighted by Crippen LogP contribution is -2.47. The molecule has 2 heterocycles. The van der Waals surface area contributed by atoms with E-state index in [0.29, 0.717) is 0 Å². The molecule has 1 aromatic heterocycles. The van der Waals surface area contributed by atoms with Crippen molar-refractivity contribution in [3.8, 4) is 0 Å². The molecule has 1 saturated heterocycles. The molecule has 0 spiro atoms. The molecule has 2 rings (SSSR count). The normalized spacial score (nSPS) is 20.6. The third kappa shape index (κ3) is 3.96. The number of nitrogens with one attached hydrogen (secondary N) is 2. The van der Waals surface area contributed by atoms with E-state index in [4.69, 9.17) is 0 Å². The maximum atomic E-state index is 12.0. The van der Waals surface area contributed by atoms with Gasteiger partial charge in [0.15, 0.2) is 0 Å². The average molecular weight is 270 g/mol. The Balaban J connectivity index is 0.00000162. The summed E-state index contributed by atoms with van der Waals surface area (Å²) in [6, 6.07) is 3.85. The summed E-state index contributed by atoms with van der Waals surface area (Å²) in [5, 5.41) is 6.27. The van der Waals surface area contributed by atoms with Gasteiger partial charge in [-0.15, -0.1) is 12.4 Å². The van der Waals surface area contributed by atoms with Crippen molar-refractivity contribution in [2.24, 2.45) is 0 Å². The molecule has 1 fully saturated rings. The smallest absolute Gasteiger partial charge is 0.237 e. The first-order valence-electron chi connectivity index (χ1n) is 6.21. The highest BCUT2D eigenvalue weighted by Gasteiger charge is 2.21. The maximum absolute atomic E-state index is 12.0. The summed E-state index contributed by atoms with van der Waals surface area (Å²) < 4.78 is 0. The van der Waals surface area contributed by atoms with Crippen LogP contribution in [0.2, 0.25) is 0 Å². The zero-order chi connectivity index (χ0) is 12.1. The Morgan fingerprint density at radius 2 is 2.39 bits per heavy atom. The summed E-state index contributed by atoms with van der Waals surface area (Å²) >= 11 is 0. The molecule has 4 nitrogen and oxygen atoms in total. The molecule has 0 radical (unpaired) electrons. The fraction of sp³-hybridized carbons (Fsp3) is 0.538. The van der Waals surface area contributed by atoms with Crippen molar-refractivity contribution in [1.82, 2.24) is 15.6 Å². The number of pyridine rings is 1. The Morgan fingerprint density at radius 3 is 3.00 bits per heavy atom. The van der Waals surface area contributed by atoms with Gasteiger partial charge in [-0.05, 0) is 37.9 Å². The number of piperidine rings is 1. The van der Waals surface area contributed by atoms with Gasteiger partial charge in [0.25, 0.3) is 0 Å². The van der Waals surface area contributed by atoms with Crippen LogP contribution < -0.4 is 10.6 Å². The zero-order valence-corrected chi connectivity index (χ0v) is 11.4. The van der Waals surface area contributed by atoms with Crippen LogP contribution in [0.15, 0.2) is 24.5 Å². The van der Waals surface area contributed by atoms with Crippen molar-refractivity contribution in [1.29, 1.82) is 0 Å². The number of aromatic nitrogens is 1. The van der Waals surface area contributed by atoms with Gasteiger partial charge in [0.2, 0.25) is 5.91 Å². The minimum Gasteiger partial charge on any atom is -0.348 e. The lowest BCUT2D eigenvalue weighted by molar-refractivity contribution is -0.124. The van der Waals surface area contributed by atoms with Crippen molar-refractivity contribution in [2.45, 2.75) is 38.3 Å². The molecule has 2 atom stereocenters. The van der Waals surface area contributed by atoms with Crippen LogP contribution in [0.4, 0.5) is 0 Å². The summed E-state index contributed by atoms with van der Waals surface area (Å²) in [6.07, 6.45) is 6.76. The standard InChI is InChI=1S/C13H19N3O.ClH/c1-10(11-5-4-7-14-9-11)16-13(17)12-6-2-3-8-15-12;/h4-5,7,9-10,12,15H,2-3,6,8H2,1H3,(H,16,17);1H/t10?,12-;/m0./s1. The van der Waals surface area contributed by atoms with Gasteiger partial charge in [-0.25, -0.2) is 0 Å². The predicted octanol–water partition coefficient (Wildman–Crippen LogP) is 1.82. The summed E-state index contributed by atoms with van der Waals surface area (Å²) in [5.41, 5.74) is 1.04. The number of amides is 1. The highest BCUT2D eigenvalue weighted by molar-refractivity contribution is 5.85. The van der Waals surface area contributed by atoms with E-state index in [1.165, 1.54) is 6.42 Å². The Labute approximate surface area is 114 Å². The Kier molecular flexibility index (Phi) is 6.09. The summed E-state index contributed by atoms with van der Waals surface area (Å²) in [5.74, 6) is 0.0982. The highest BCUT2D eigenvalue weighted by atomic mass is 35.5. The monoisotopic (exact) mass is 269 g/mol. The lowest BCUT2D eigenvalue weighted by atomic mass is 10.0. The molecule has 18 heavy (non-hydrogen) atoms. The fourth-order valence-electron chi connectivity index (χ4n) is 2.11. The van der Waals surface area contributed by atoms with Crippen LogP contribution >= 0.6 is 12.4 Å². The van der Waals surface area contributed by atoms with Gasteiger partial charge >= 0.3 is 0 Å². The van der Waals surface area contributed by atoms with Gasteiger partial charge in [-0.3, -0.25) is 9.78 Å². The molecule has 1 amide bonds. The van der Waals surface area contributed by atoms with E-state index in [1.54, 1.807) is 12.4 Å². The van der Waals surface area contributed by atoms with Crippen molar-refractivity contribution >= 4 is 18.3 Å². The molecule has 0 bridgehead atoms. The quantitative estimate of drug-likeness (QED) is 0.880. The van der Waals surface area contributed by atoms with Gasteiger partial charge in [0.1, 0.15) is 0 Å².